The number of aldehydes is 1. The van der Waals surface area contributed by atoms with E-state index >= 15 is 0 Å². The molecule has 0 unspecified atom stereocenters. The third-order valence-electron chi connectivity index (χ3n) is 2.02. The minimum absolute atomic E-state index is 0.205. The molecule has 0 atom stereocenters. The van der Waals surface area contributed by atoms with Gasteiger partial charge in [-0.15, -0.1) is 11.3 Å². The van der Waals surface area contributed by atoms with Crippen molar-refractivity contribution in [3.05, 3.63) is 28.9 Å². The molecule has 2 nitrogen and oxygen atoms in total. The maximum atomic E-state index is 13.6. The number of hydrogen-bond acceptors (Lipinski definition) is 3. The Balaban J connectivity index is 2.78. The minimum atomic E-state index is -0.400. The maximum absolute atomic E-state index is 13.6. The molecule has 2 rings (SSSR count). The molecular weight excluding hydrogens is 203 g/mol. The van der Waals surface area contributed by atoms with Gasteiger partial charge >= 0.3 is 0 Å². The number of benzene rings is 1. The van der Waals surface area contributed by atoms with Gasteiger partial charge in [-0.3, -0.25) is 4.79 Å². The molecule has 72 valence electrons. The molecule has 0 aliphatic rings. The summed E-state index contributed by atoms with van der Waals surface area (Å²) < 4.78 is 18.9. The summed E-state index contributed by atoms with van der Waals surface area (Å²) in [5, 5.41) is 2.28. The predicted octanol–water partition coefficient (Wildman–Crippen LogP) is 2.86. The Morgan fingerprint density at radius 2 is 2.29 bits per heavy atom. The van der Waals surface area contributed by atoms with E-state index in [1.807, 2.05) is 0 Å². The van der Waals surface area contributed by atoms with Crippen LogP contribution in [0.25, 0.3) is 10.1 Å². The molecule has 14 heavy (non-hydrogen) atoms. The van der Waals surface area contributed by atoms with Crippen LogP contribution in [0.3, 0.4) is 0 Å². The second-order valence-corrected chi connectivity index (χ2v) is 3.65. The number of thiophene rings is 1. The quantitative estimate of drug-likeness (QED) is 0.712. The fourth-order valence-electron chi connectivity index (χ4n) is 1.32. The molecule has 0 saturated heterocycles. The Hall–Kier alpha value is -1.42. The number of methoxy groups -OCH3 is 1. The van der Waals surface area contributed by atoms with Crippen LogP contribution in [0.2, 0.25) is 0 Å². The first-order chi connectivity index (χ1) is 6.77. The Bertz CT molecular complexity index is 490. The molecule has 0 bridgehead atoms. The molecule has 2 aromatic rings. The van der Waals surface area contributed by atoms with Gasteiger partial charge in [0.25, 0.3) is 0 Å². The Labute approximate surface area is 83.9 Å². The van der Waals surface area contributed by atoms with Crippen LogP contribution in [-0.4, -0.2) is 13.4 Å². The van der Waals surface area contributed by atoms with Crippen molar-refractivity contribution in [2.75, 3.05) is 7.11 Å². The fraction of sp³-hybridized carbons (Fsp3) is 0.100. The summed E-state index contributed by atoms with van der Waals surface area (Å²) >= 11 is 1.21. The normalized spacial score (nSPS) is 10.4. The van der Waals surface area contributed by atoms with Crippen LogP contribution in [0.4, 0.5) is 4.39 Å². The van der Waals surface area contributed by atoms with Crippen LogP contribution in [0, 0.1) is 5.82 Å². The lowest BCUT2D eigenvalue weighted by Crippen LogP contribution is -1.87. The van der Waals surface area contributed by atoms with Crippen molar-refractivity contribution in [1.82, 2.24) is 0 Å². The summed E-state index contributed by atoms with van der Waals surface area (Å²) in [4.78, 5) is 10.6. The van der Waals surface area contributed by atoms with E-state index in [-0.39, 0.29) is 5.75 Å². The van der Waals surface area contributed by atoms with E-state index in [0.29, 0.717) is 15.6 Å². The monoisotopic (exact) mass is 210 g/mol. The lowest BCUT2D eigenvalue weighted by molar-refractivity contribution is 0.112. The summed E-state index contributed by atoms with van der Waals surface area (Å²) in [5.41, 5.74) is 0.520. The lowest BCUT2D eigenvalue weighted by Gasteiger charge is -2.01. The van der Waals surface area contributed by atoms with Crippen LogP contribution < -0.4 is 4.74 Å². The number of carbonyl (C=O) groups is 1. The number of fused-ring (bicyclic) bond motifs is 1. The molecule has 0 radical (unpaired) electrons. The summed E-state index contributed by atoms with van der Waals surface area (Å²) in [6, 6.07) is 3.22. The number of hydrogen-bond donors (Lipinski definition) is 0. The van der Waals surface area contributed by atoms with Crippen molar-refractivity contribution in [2.24, 2.45) is 0 Å². The number of carbonyl (C=O) groups excluding carboxylic acids is 1. The first-order valence-electron chi connectivity index (χ1n) is 3.96. The van der Waals surface area contributed by atoms with Crippen molar-refractivity contribution >= 4 is 27.7 Å². The highest BCUT2D eigenvalue weighted by atomic mass is 32.1. The third-order valence-corrected chi connectivity index (χ3v) is 3.03. The van der Waals surface area contributed by atoms with Gasteiger partial charge in [-0.25, -0.2) is 4.39 Å². The SMILES string of the molecule is COc1ccc2c(C=O)csc2c1F. The predicted molar refractivity (Wildman–Crippen MR) is 53.7 cm³/mol. The van der Waals surface area contributed by atoms with Crippen LogP contribution in [-0.2, 0) is 0 Å². The molecule has 0 aliphatic heterocycles. The van der Waals surface area contributed by atoms with Gasteiger partial charge in [-0.2, -0.15) is 0 Å². The maximum Gasteiger partial charge on any atom is 0.182 e. The summed E-state index contributed by atoms with van der Waals surface area (Å²) in [5.74, 6) is -0.195. The van der Waals surface area contributed by atoms with E-state index in [2.05, 4.69) is 0 Å². The second-order valence-electron chi connectivity index (χ2n) is 2.77. The van der Waals surface area contributed by atoms with Crippen LogP contribution >= 0.6 is 11.3 Å². The van der Waals surface area contributed by atoms with Gasteiger partial charge in [-0.1, -0.05) is 0 Å². The summed E-state index contributed by atoms with van der Waals surface area (Å²) in [7, 11) is 1.42. The highest BCUT2D eigenvalue weighted by Crippen LogP contribution is 2.32. The van der Waals surface area contributed by atoms with Crippen molar-refractivity contribution in [2.45, 2.75) is 0 Å². The molecular formula is C10H7FO2S. The van der Waals surface area contributed by atoms with E-state index < -0.39 is 5.82 Å². The van der Waals surface area contributed by atoms with Gasteiger partial charge in [0.2, 0.25) is 0 Å². The van der Waals surface area contributed by atoms with Crippen molar-refractivity contribution in [3.8, 4) is 5.75 Å². The zero-order valence-corrected chi connectivity index (χ0v) is 8.23. The number of ether oxygens (including phenoxy) is 1. The third kappa shape index (κ3) is 1.19. The van der Waals surface area contributed by atoms with E-state index in [4.69, 9.17) is 4.74 Å². The minimum Gasteiger partial charge on any atom is -0.494 e. The lowest BCUT2D eigenvalue weighted by atomic mass is 10.2. The average molecular weight is 210 g/mol. The zero-order chi connectivity index (χ0) is 10.1. The van der Waals surface area contributed by atoms with Crippen LogP contribution in [0.15, 0.2) is 17.5 Å². The topological polar surface area (TPSA) is 26.3 Å². The molecule has 0 aliphatic carbocycles. The van der Waals surface area contributed by atoms with E-state index in [1.165, 1.54) is 24.5 Å². The van der Waals surface area contributed by atoms with Gasteiger partial charge in [0.1, 0.15) is 0 Å². The van der Waals surface area contributed by atoms with Crippen molar-refractivity contribution in [3.63, 3.8) is 0 Å². The molecule has 1 aromatic heterocycles. The summed E-state index contributed by atoms with van der Waals surface area (Å²) in [6.07, 6.45) is 0.727. The summed E-state index contributed by atoms with van der Waals surface area (Å²) in [6.45, 7) is 0. The van der Waals surface area contributed by atoms with Gasteiger partial charge in [0.15, 0.2) is 17.9 Å². The molecule has 0 spiro atoms. The first-order valence-corrected chi connectivity index (χ1v) is 4.84. The van der Waals surface area contributed by atoms with Crippen LogP contribution in [0.1, 0.15) is 10.4 Å². The molecule has 0 amide bonds. The smallest absolute Gasteiger partial charge is 0.182 e. The molecule has 4 heteroatoms. The standard InChI is InChI=1S/C10H7FO2S/c1-13-8-3-2-7-6(4-12)5-14-10(7)9(8)11/h2-5H,1H3. The first kappa shape index (κ1) is 9.15. The highest BCUT2D eigenvalue weighted by Gasteiger charge is 2.11. The number of rotatable bonds is 2. The molecule has 0 N–H and O–H groups in total. The Morgan fingerprint density at radius 1 is 1.50 bits per heavy atom. The van der Waals surface area contributed by atoms with Gasteiger partial charge < -0.3 is 4.74 Å². The molecule has 1 aromatic carbocycles. The van der Waals surface area contributed by atoms with E-state index in [9.17, 15) is 9.18 Å². The largest absolute Gasteiger partial charge is 0.494 e. The van der Waals surface area contributed by atoms with Gasteiger partial charge in [-0.05, 0) is 12.1 Å². The molecule has 0 fully saturated rings. The van der Waals surface area contributed by atoms with Gasteiger partial charge in [0.05, 0.1) is 11.8 Å². The number of halogens is 1. The Morgan fingerprint density at radius 3 is 2.93 bits per heavy atom. The van der Waals surface area contributed by atoms with Crippen molar-refractivity contribution < 1.29 is 13.9 Å². The highest BCUT2D eigenvalue weighted by molar-refractivity contribution is 7.17. The zero-order valence-electron chi connectivity index (χ0n) is 7.41. The average Bonchev–Trinajstić information content (AvgIpc) is 2.62. The fourth-order valence-corrected chi connectivity index (χ4v) is 2.26. The van der Waals surface area contributed by atoms with Crippen LogP contribution in [0.5, 0.6) is 5.75 Å². The van der Waals surface area contributed by atoms with Crippen molar-refractivity contribution in [1.29, 1.82) is 0 Å². The molecule has 0 saturated carbocycles. The van der Waals surface area contributed by atoms with Gasteiger partial charge in [0, 0.05) is 16.3 Å². The molecule has 1 heterocycles. The van der Waals surface area contributed by atoms with E-state index in [0.717, 1.165) is 6.29 Å². The second kappa shape index (κ2) is 3.38. The van der Waals surface area contributed by atoms with E-state index in [1.54, 1.807) is 11.4 Å². The Kier molecular flexibility index (Phi) is 2.21.